The molecule has 2 heterocycles. The SMILES string of the molecule is Cc1ccc(-c2[nH]c(=O)sc2CN(C)CCc2ccncc2)cc1. The molecular weight excluding hydrogens is 318 g/mol. The van der Waals surface area contributed by atoms with E-state index in [9.17, 15) is 4.79 Å². The molecule has 3 aromatic rings. The Bertz CT molecular complexity index is 837. The standard InChI is InChI=1S/C19H21N3OS/c1-14-3-5-16(6-4-14)18-17(24-19(23)21-18)13-22(2)12-9-15-7-10-20-11-8-15/h3-8,10-11H,9,12-13H2,1-2H3,(H,21,23). The minimum absolute atomic E-state index is 0.00288. The highest BCUT2D eigenvalue weighted by Gasteiger charge is 2.12. The van der Waals surface area contributed by atoms with Crippen molar-refractivity contribution in [3.63, 3.8) is 0 Å². The van der Waals surface area contributed by atoms with E-state index in [0.29, 0.717) is 0 Å². The molecule has 0 amide bonds. The first-order valence-electron chi connectivity index (χ1n) is 7.98. The molecule has 0 radical (unpaired) electrons. The highest BCUT2D eigenvalue weighted by atomic mass is 32.1. The lowest BCUT2D eigenvalue weighted by Crippen LogP contribution is -2.20. The van der Waals surface area contributed by atoms with Crippen LogP contribution in [-0.4, -0.2) is 28.5 Å². The van der Waals surface area contributed by atoms with Gasteiger partial charge in [-0.2, -0.15) is 0 Å². The molecule has 0 spiro atoms. The van der Waals surface area contributed by atoms with Crippen LogP contribution in [0.15, 0.2) is 53.6 Å². The number of nitrogens with one attached hydrogen (secondary N) is 1. The zero-order valence-electron chi connectivity index (χ0n) is 14.0. The molecular formula is C19H21N3OS. The van der Waals surface area contributed by atoms with Crippen LogP contribution < -0.4 is 4.87 Å². The number of H-pyrrole nitrogens is 1. The Labute approximate surface area is 145 Å². The van der Waals surface area contributed by atoms with Crippen molar-refractivity contribution in [1.82, 2.24) is 14.9 Å². The number of aromatic nitrogens is 2. The molecule has 0 aliphatic carbocycles. The predicted octanol–water partition coefficient (Wildman–Crippen LogP) is 3.48. The summed E-state index contributed by atoms with van der Waals surface area (Å²) in [6.45, 7) is 3.76. The first-order valence-corrected chi connectivity index (χ1v) is 8.80. The third-order valence-corrected chi connectivity index (χ3v) is 4.87. The Hall–Kier alpha value is -2.24. The van der Waals surface area contributed by atoms with Crippen LogP contribution in [0.2, 0.25) is 0 Å². The average Bonchev–Trinajstić information content (AvgIpc) is 2.95. The monoisotopic (exact) mass is 339 g/mol. The van der Waals surface area contributed by atoms with E-state index in [1.54, 1.807) is 0 Å². The molecule has 1 N–H and O–H groups in total. The van der Waals surface area contributed by atoms with Crippen LogP contribution in [0, 0.1) is 6.92 Å². The van der Waals surface area contributed by atoms with Crippen molar-refractivity contribution in [2.75, 3.05) is 13.6 Å². The van der Waals surface area contributed by atoms with E-state index in [4.69, 9.17) is 0 Å². The maximum Gasteiger partial charge on any atom is 0.305 e. The van der Waals surface area contributed by atoms with Crippen molar-refractivity contribution in [2.45, 2.75) is 19.9 Å². The van der Waals surface area contributed by atoms with Crippen LogP contribution in [0.4, 0.5) is 0 Å². The minimum atomic E-state index is 0.00288. The summed E-state index contributed by atoms with van der Waals surface area (Å²) in [6, 6.07) is 12.4. The number of nitrogens with zero attached hydrogens (tertiary/aromatic N) is 2. The first-order chi connectivity index (χ1) is 11.6. The average molecular weight is 339 g/mol. The fourth-order valence-electron chi connectivity index (χ4n) is 2.62. The Morgan fingerprint density at radius 1 is 1.12 bits per heavy atom. The Balaban J connectivity index is 1.70. The Morgan fingerprint density at radius 2 is 1.83 bits per heavy atom. The zero-order valence-corrected chi connectivity index (χ0v) is 14.8. The Kier molecular flexibility index (Phi) is 5.23. The minimum Gasteiger partial charge on any atom is -0.312 e. The van der Waals surface area contributed by atoms with Crippen LogP contribution in [-0.2, 0) is 13.0 Å². The summed E-state index contributed by atoms with van der Waals surface area (Å²) in [4.78, 5) is 22.2. The third kappa shape index (κ3) is 4.19. The van der Waals surface area contributed by atoms with Crippen molar-refractivity contribution in [3.8, 4) is 11.3 Å². The highest BCUT2D eigenvalue weighted by molar-refractivity contribution is 7.09. The van der Waals surface area contributed by atoms with E-state index in [0.717, 1.165) is 35.6 Å². The van der Waals surface area contributed by atoms with Crippen LogP contribution in [0.5, 0.6) is 0 Å². The van der Waals surface area contributed by atoms with Gasteiger partial charge in [0.15, 0.2) is 0 Å². The van der Waals surface area contributed by atoms with Gasteiger partial charge in [-0.1, -0.05) is 41.2 Å². The first kappa shape index (κ1) is 16.6. The largest absolute Gasteiger partial charge is 0.312 e. The summed E-state index contributed by atoms with van der Waals surface area (Å²) in [5.41, 5.74) is 4.50. The molecule has 0 saturated carbocycles. The third-order valence-electron chi connectivity index (χ3n) is 4.01. The molecule has 24 heavy (non-hydrogen) atoms. The quantitative estimate of drug-likeness (QED) is 0.748. The van der Waals surface area contributed by atoms with Gasteiger partial charge in [0, 0.05) is 30.4 Å². The van der Waals surface area contributed by atoms with Gasteiger partial charge >= 0.3 is 4.87 Å². The summed E-state index contributed by atoms with van der Waals surface area (Å²) in [6.07, 6.45) is 4.61. The van der Waals surface area contributed by atoms with Crippen LogP contribution in [0.25, 0.3) is 11.3 Å². The number of benzene rings is 1. The maximum absolute atomic E-state index is 11.8. The Morgan fingerprint density at radius 3 is 2.54 bits per heavy atom. The smallest absolute Gasteiger partial charge is 0.305 e. The molecule has 0 unspecified atom stereocenters. The number of hydrogen-bond acceptors (Lipinski definition) is 4. The second kappa shape index (κ2) is 7.55. The molecule has 0 atom stereocenters. The van der Waals surface area contributed by atoms with Gasteiger partial charge in [0.1, 0.15) is 0 Å². The topological polar surface area (TPSA) is 49.0 Å². The number of aromatic amines is 1. The van der Waals surface area contributed by atoms with Gasteiger partial charge in [0.2, 0.25) is 0 Å². The van der Waals surface area contributed by atoms with Gasteiger partial charge < -0.3 is 9.88 Å². The summed E-state index contributed by atoms with van der Waals surface area (Å²) >= 11 is 1.30. The lowest BCUT2D eigenvalue weighted by atomic mass is 10.1. The van der Waals surface area contributed by atoms with Gasteiger partial charge in [-0.3, -0.25) is 9.78 Å². The van der Waals surface area contributed by atoms with Gasteiger partial charge in [-0.05, 0) is 43.7 Å². The molecule has 2 aromatic heterocycles. The number of aryl methyl sites for hydroxylation is 1. The molecule has 3 rings (SSSR count). The molecule has 124 valence electrons. The van der Waals surface area contributed by atoms with E-state index in [1.807, 2.05) is 24.5 Å². The lowest BCUT2D eigenvalue weighted by Gasteiger charge is -2.16. The molecule has 5 heteroatoms. The molecule has 0 fully saturated rings. The molecule has 0 saturated heterocycles. The van der Waals surface area contributed by atoms with E-state index >= 15 is 0 Å². The van der Waals surface area contributed by atoms with Crippen molar-refractivity contribution in [1.29, 1.82) is 0 Å². The van der Waals surface area contributed by atoms with E-state index in [-0.39, 0.29) is 4.87 Å². The number of likely N-dealkylation sites (N-methyl/N-ethyl adjacent to an activating group) is 1. The van der Waals surface area contributed by atoms with Gasteiger partial charge in [0.05, 0.1) is 5.69 Å². The van der Waals surface area contributed by atoms with Crippen molar-refractivity contribution >= 4 is 11.3 Å². The zero-order chi connectivity index (χ0) is 16.9. The van der Waals surface area contributed by atoms with Crippen LogP contribution in [0.1, 0.15) is 16.0 Å². The molecule has 4 nitrogen and oxygen atoms in total. The molecule has 0 aliphatic heterocycles. The number of thiazole rings is 1. The van der Waals surface area contributed by atoms with Crippen molar-refractivity contribution < 1.29 is 0 Å². The van der Waals surface area contributed by atoms with Crippen molar-refractivity contribution in [3.05, 3.63) is 74.5 Å². The normalized spacial score (nSPS) is 11.1. The highest BCUT2D eigenvalue weighted by Crippen LogP contribution is 2.24. The van der Waals surface area contributed by atoms with Crippen LogP contribution in [0.3, 0.4) is 0 Å². The summed E-state index contributed by atoms with van der Waals surface area (Å²) in [7, 11) is 2.09. The summed E-state index contributed by atoms with van der Waals surface area (Å²) < 4.78 is 0. The van der Waals surface area contributed by atoms with Gasteiger partial charge in [-0.15, -0.1) is 0 Å². The number of rotatable bonds is 6. The fourth-order valence-corrected chi connectivity index (χ4v) is 3.55. The molecule has 0 bridgehead atoms. The molecule has 1 aromatic carbocycles. The van der Waals surface area contributed by atoms with Gasteiger partial charge in [0.25, 0.3) is 0 Å². The van der Waals surface area contributed by atoms with Crippen LogP contribution >= 0.6 is 11.3 Å². The second-order valence-corrected chi connectivity index (χ2v) is 7.09. The number of pyridine rings is 1. The maximum atomic E-state index is 11.8. The van der Waals surface area contributed by atoms with E-state index in [2.05, 4.69) is 53.1 Å². The van der Waals surface area contributed by atoms with E-state index < -0.39 is 0 Å². The second-order valence-electron chi connectivity index (χ2n) is 6.02. The number of hydrogen-bond donors (Lipinski definition) is 1. The fraction of sp³-hybridized carbons (Fsp3) is 0.263. The summed E-state index contributed by atoms with van der Waals surface area (Å²) in [5.74, 6) is 0. The lowest BCUT2D eigenvalue weighted by molar-refractivity contribution is 0.334. The van der Waals surface area contributed by atoms with Gasteiger partial charge in [-0.25, -0.2) is 0 Å². The molecule has 0 aliphatic rings. The van der Waals surface area contributed by atoms with E-state index in [1.165, 1.54) is 22.5 Å². The predicted molar refractivity (Wildman–Crippen MR) is 99.4 cm³/mol. The van der Waals surface area contributed by atoms with Crippen molar-refractivity contribution in [2.24, 2.45) is 0 Å². The summed E-state index contributed by atoms with van der Waals surface area (Å²) in [5, 5.41) is 0.